The smallest absolute Gasteiger partial charge is 0.247 e. The van der Waals surface area contributed by atoms with Crippen molar-refractivity contribution >= 4 is 21.8 Å². The van der Waals surface area contributed by atoms with Crippen molar-refractivity contribution in [3.63, 3.8) is 0 Å². The predicted molar refractivity (Wildman–Crippen MR) is 91.4 cm³/mol. The zero-order valence-corrected chi connectivity index (χ0v) is 14.7. The molecule has 1 atom stereocenters. The molecule has 1 aromatic rings. The Balaban J connectivity index is 1.61. The van der Waals surface area contributed by atoms with Crippen molar-refractivity contribution in [3.05, 3.63) is 34.3 Å². The summed E-state index contributed by atoms with van der Waals surface area (Å²) in [4.78, 5) is 17.2. The molecule has 1 aromatic carbocycles. The third kappa shape index (κ3) is 3.53. The highest BCUT2D eigenvalue weighted by atomic mass is 79.9. The van der Waals surface area contributed by atoms with E-state index < -0.39 is 5.54 Å². The average Bonchev–Trinajstić information content (AvgIpc) is 3.32. The van der Waals surface area contributed by atoms with Crippen LogP contribution in [-0.2, 0) is 10.3 Å². The zero-order valence-electron chi connectivity index (χ0n) is 13.1. The second-order valence-corrected chi connectivity index (χ2v) is 7.66. The van der Waals surface area contributed by atoms with Crippen molar-refractivity contribution in [1.82, 2.24) is 9.80 Å². The summed E-state index contributed by atoms with van der Waals surface area (Å²) in [5.74, 6) is 0.936. The number of halogens is 1. The van der Waals surface area contributed by atoms with E-state index in [1.54, 1.807) is 0 Å². The summed E-state index contributed by atoms with van der Waals surface area (Å²) in [6.45, 7) is 6.53. The molecule has 22 heavy (non-hydrogen) atoms. The largest absolute Gasteiger partial charge is 0.338 e. The molecule has 2 fully saturated rings. The van der Waals surface area contributed by atoms with Crippen LogP contribution in [-0.4, -0.2) is 48.4 Å². The minimum Gasteiger partial charge on any atom is -0.338 e. The molecule has 2 aliphatic rings. The number of piperazine rings is 1. The Morgan fingerprint density at radius 3 is 2.36 bits per heavy atom. The van der Waals surface area contributed by atoms with Crippen molar-refractivity contribution in [1.29, 1.82) is 0 Å². The van der Waals surface area contributed by atoms with Crippen molar-refractivity contribution in [3.8, 4) is 0 Å². The van der Waals surface area contributed by atoms with Gasteiger partial charge in [0, 0.05) is 37.2 Å². The van der Waals surface area contributed by atoms with Gasteiger partial charge < -0.3 is 10.6 Å². The molecule has 0 aromatic heterocycles. The first-order chi connectivity index (χ1) is 10.5. The van der Waals surface area contributed by atoms with Gasteiger partial charge in [0.05, 0.1) is 0 Å². The van der Waals surface area contributed by atoms with Crippen LogP contribution in [0.5, 0.6) is 0 Å². The van der Waals surface area contributed by atoms with Gasteiger partial charge in [0.1, 0.15) is 5.54 Å². The van der Waals surface area contributed by atoms with Gasteiger partial charge in [0.15, 0.2) is 0 Å². The number of amides is 1. The molecule has 1 unspecified atom stereocenters. The van der Waals surface area contributed by atoms with Gasteiger partial charge in [-0.2, -0.15) is 0 Å². The molecule has 0 spiro atoms. The third-order valence-corrected chi connectivity index (χ3v) is 5.29. The van der Waals surface area contributed by atoms with Crippen LogP contribution in [0.15, 0.2) is 28.7 Å². The fourth-order valence-corrected chi connectivity index (χ4v) is 3.31. The van der Waals surface area contributed by atoms with Crippen LogP contribution >= 0.6 is 15.9 Å². The van der Waals surface area contributed by atoms with Crippen molar-refractivity contribution in [2.75, 3.05) is 32.7 Å². The maximum atomic E-state index is 12.8. The summed E-state index contributed by atoms with van der Waals surface area (Å²) >= 11 is 3.42. The lowest BCUT2D eigenvalue weighted by molar-refractivity contribution is -0.138. The van der Waals surface area contributed by atoms with E-state index in [9.17, 15) is 4.79 Å². The van der Waals surface area contributed by atoms with Crippen molar-refractivity contribution in [2.45, 2.75) is 25.3 Å². The zero-order chi connectivity index (χ0) is 15.7. The highest BCUT2D eigenvalue weighted by molar-refractivity contribution is 9.10. The first-order valence-corrected chi connectivity index (χ1v) is 8.83. The van der Waals surface area contributed by atoms with E-state index in [-0.39, 0.29) is 5.91 Å². The van der Waals surface area contributed by atoms with Crippen LogP contribution in [0, 0.1) is 5.92 Å². The van der Waals surface area contributed by atoms with E-state index in [0.29, 0.717) is 0 Å². The molecular formula is C17H24BrN3O. The molecule has 120 valence electrons. The molecule has 1 saturated heterocycles. The second kappa shape index (κ2) is 6.30. The van der Waals surface area contributed by atoms with Gasteiger partial charge >= 0.3 is 0 Å². The summed E-state index contributed by atoms with van der Waals surface area (Å²) in [7, 11) is 0. The summed E-state index contributed by atoms with van der Waals surface area (Å²) < 4.78 is 0.994. The molecular weight excluding hydrogens is 342 g/mol. The van der Waals surface area contributed by atoms with Gasteiger partial charge in [-0.25, -0.2) is 0 Å². The number of rotatable bonds is 4. The molecule has 3 rings (SSSR count). The van der Waals surface area contributed by atoms with E-state index in [1.165, 1.54) is 19.4 Å². The van der Waals surface area contributed by atoms with Gasteiger partial charge in [-0.05, 0) is 43.4 Å². The molecule has 4 nitrogen and oxygen atoms in total. The predicted octanol–water partition coefficient (Wildman–Crippen LogP) is 2.18. The summed E-state index contributed by atoms with van der Waals surface area (Å²) in [6, 6.07) is 7.71. The molecule has 1 aliphatic heterocycles. The molecule has 1 amide bonds. The Hall–Kier alpha value is -0.910. The van der Waals surface area contributed by atoms with E-state index in [1.807, 2.05) is 36.1 Å². The third-order valence-electron chi connectivity index (χ3n) is 4.76. The summed E-state index contributed by atoms with van der Waals surface area (Å²) in [5, 5.41) is 0. The normalized spacial score (nSPS) is 22.4. The molecule has 0 radical (unpaired) electrons. The Bertz CT molecular complexity index is 531. The minimum atomic E-state index is -0.959. The molecule has 5 heteroatoms. The van der Waals surface area contributed by atoms with Gasteiger partial charge in [0.2, 0.25) is 5.91 Å². The van der Waals surface area contributed by atoms with E-state index >= 15 is 0 Å². The Morgan fingerprint density at radius 2 is 1.82 bits per heavy atom. The fourth-order valence-electron chi connectivity index (χ4n) is 3.05. The lowest BCUT2D eigenvalue weighted by atomic mass is 9.91. The van der Waals surface area contributed by atoms with E-state index in [4.69, 9.17) is 5.73 Å². The topological polar surface area (TPSA) is 49.6 Å². The highest BCUT2D eigenvalue weighted by Crippen LogP contribution is 2.30. The van der Waals surface area contributed by atoms with Crippen LogP contribution in [0.4, 0.5) is 0 Å². The van der Waals surface area contributed by atoms with Gasteiger partial charge in [-0.3, -0.25) is 9.69 Å². The van der Waals surface area contributed by atoms with E-state index in [2.05, 4.69) is 20.8 Å². The molecule has 1 saturated carbocycles. The molecule has 1 aliphatic carbocycles. The maximum Gasteiger partial charge on any atom is 0.247 e. The van der Waals surface area contributed by atoms with Crippen molar-refractivity contribution in [2.24, 2.45) is 11.7 Å². The van der Waals surface area contributed by atoms with Crippen LogP contribution in [0.2, 0.25) is 0 Å². The number of hydrogen-bond donors (Lipinski definition) is 1. The maximum absolute atomic E-state index is 12.8. The molecule has 0 bridgehead atoms. The number of nitrogens with two attached hydrogens (primary N) is 1. The first kappa shape index (κ1) is 16.0. The van der Waals surface area contributed by atoms with Gasteiger partial charge in [0.25, 0.3) is 0 Å². The first-order valence-electron chi connectivity index (χ1n) is 8.03. The second-order valence-electron chi connectivity index (χ2n) is 6.75. The van der Waals surface area contributed by atoms with Crippen LogP contribution in [0.3, 0.4) is 0 Å². The van der Waals surface area contributed by atoms with Crippen LogP contribution in [0.25, 0.3) is 0 Å². The number of hydrogen-bond acceptors (Lipinski definition) is 3. The SMILES string of the molecule is CC(N)(C(=O)N1CCN(CC2CC2)CC1)c1ccc(Br)cc1. The monoisotopic (exact) mass is 365 g/mol. The number of carbonyl (C=O) groups excluding carboxylic acids is 1. The van der Waals surface area contributed by atoms with E-state index in [0.717, 1.165) is 42.1 Å². The summed E-state index contributed by atoms with van der Waals surface area (Å²) in [6.07, 6.45) is 2.76. The standard InChI is InChI=1S/C17H24BrN3O/c1-17(19,14-4-6-15(18)7-5-14)16(22)21-10-8-20(9-11-21)12-13-2-3-13/h4-7,13H,2-3,8-12,19H2,1H3. The minimum absolute atomic E-state index is 0.0286. The Labute approximate surface area is 140 Å². The number of nitrogens with zero attached hydrogens (tertiary/aromatic N) is 2. The fraction of sp³-hybridized carbons (Fsp3) is 0.588. The van der Waals surface area contributed by atoms with Crippen LogP contribution < -0.4 is 5.73 Å². The lowest BCUT2D eigenvalue weighted by Gasteiger charge is -2.38. The number of carbonyl (C=O) groups is 1. The summed E-state index contributed by atoms with van der Waals surface area (Å²) in [5.41, 5.74) is 6.27. The molecule has 2 N–H and O–H groups in total. The van der Waals surface area contributed by atoms with Gasteiger partial charge in [-0.1, -0.05) is 28.1 Å². The molecule has 1 heterocycles. The van der Waals surface area contributed by atoms with Crippen LogP contribution in [0.1, 0.15) is 25.3 Å². The average molecular weight is 366 g/mol. The quantitative estimate of drug-likeness (QED) is 0.889. The van der Waals surface area contributed by atoms with Gasteiger partial charge in [-0.15, -0.1) is 0 Å². The highest BCUT2D eigenvalue weighted by Gasteiger charge is 2.36. The number of benzene rings is 1. The van der Waals surface area contributed by atoms with Crippen molar-refractivity contribution < 1.29 is 4.79 Å². The lowest BCUT2D eigenvalue weighted by Crippen LogP contribution is -2.56. The Morgan fingerprint density at radius 1 is 1.23 bits per heavy atom. The Kier molecular flexibility index (Phi) is 4.57.